The van der Waals surface area contributed by atoms with Crippen LogP contribution in [0.4, 0.5) is 13.2 Å². The molecule has 0 amide bonds. The van der Waals surface area contributed by atoms with Crippen molar-refractivity contribution in [1.29, 1.82) is 0 Å². The molecule has 0 aromatic heterocycles. The number of ether oxygens (including phenoxy) is 1. The second-order valence-corrected chi connectivity index (χ2v) is 4.93. The molecule has 1 aromatic rings. The molecule has 0 unspecified atom stereocenters. The molecule has 6 heteroatoms. The van der Waals surface area contributed by atoms with Crippen LogP contribution in [0.1, 0.15) is 30.1 Å². The molecule has 1 aliphatic heterocycles. The van der Waals surface area contributed by atoms with Gasteiger partial charge in [0.2, 0.25) is 0 Å². The second kappa shape index (κ2) is 6.56. The monoisotopic (exact) mass is 289 g/mol. The Morgan fingerprint density at radius 2 is 2.00 bits per heavy atom. The number of hydrogen-bond acceptors (Lipinski definition) is 3. The molecule has 1 aromatic carbocycles. The maximum Gasteiger partial charge on any atom is 0.416 e. The van der Waals surface area contributed by atoms with Gasteiger partial charge in [0.1, 0.15) is 0 Å². The van der Waals surface area contributed by atoms with E-state index in [1.165, 1.54) is 12.1 Å². The number of aliphatic hydroxyl groups excluding tert-OH is 1. The average molecular weight is 289 g/mol. The molecular weight excluding hydrogens is 271 g/mol. The minimum Gasteiger partial charge on any atom is -0.387 e. The van der Waals surface area contributed by atoms with Crippen LogP contribution in [0.2, 0.25) is 0 Å². The Bertz CT molecular complexity index is 431. The fraction of sp³-hybridized carbons (Fsp3) is 0.571. The first-order chi connectivity index (χ1) is 9.47. The molecule has 0 spiro atoms. The van der Waals surface area contributed by atoms with E-state index in [0.717, 1.165) is 25.0 Å². The summed E-state index contributed by atoms with van der Waals surface area (Å²) in [6.07, 6.45) is -3.62. The molecule has 1 fully saturated rings. The molecule has 0 bridgehead atoms. The third-order valence-corrected chi connectivity index (χ3v) is 3.42. The average Bonchev–Trinajstić information content (AvgIpc) is 2.45. The van der Waals surface area contributed by atoms with Gasteiger partial charge >= 0.3 is 6.18 Å². The van der Waals surface area contributed by atoms with Gasteiger partial charge in [-0.25, -0.2) is 0 Å². The van der Waals surface area contributed by atoms with Crippen molar-refractivity contribution in [1.82, 2.24) is 5.32 Å². The summed E-state index contributed by atoms with van der Waals surface area (Å²) in [7, 11) is 0. The summed E-state index contributed by atoms with van der Waals surface area (Å²) in [5.41, 5.74) is -0.459. The first kappa shape index (κ1) is 15.3. The SMILES string of the molecule is O[C@H](CNC1CCOCC1)c1cccc(C(F)(F)F)c1. The van der Waals surface area contributed by atoms with Crippen molar-refractivity contribution in [2.75, 3.05) is 19.8 Å². The highest BCUT2D eigenvalue weighted by atomic mass is 19.4. The molecule has 1 heterocycles. The van der Waals surface area contributed by atoms with Crippen molar-refractivity contribution in [3.05, 3.63) is 35.4 Å². The maximum absolute atomic E-state index is 12.6. The number of benzene rings is 1. The van der Waals surface area contributed by atoms with Crippen LogP contribution in [0.3, 0.4) is 0 Å². The number of nitrogens with one attached hydrogen (secondary N) is 1. The van der Waals surface area contributed by atoms with Crippen molar-refractivity contribution < 1.29 is 23.0 Å². The quantitative estimate of drug-likeness (QED) is 0.895. The van der Waals surface area contributed by atoms with Crippen molar-refractivity contribution in [2.24, 2.45) is 0 Å². The predicted octanol–water partition coefficient (Wildman–Crippen LogP) is 2.51. The van der Waals surface area contributed by atoms with Gasteiger partial charge in [-0.05, 0) is 30.5 Å². The van der Waals surface area contributed by atoms with E-state index in [-0.39, 0.29) is 18.2 Å². The summed E-state index contributed by atoms with van der Waals surface area (Å²) in [5, 5.41) is 13.1. The number of aliphatic hydroxyl groups is 1. The molecular formula is C14H18F3NO2. The minimum atomic E-state index is -4.39. The highest BCUT2D eigenvalue weighted by Gasteiger charge is 2.30. The van der Waals surface area contributed by atoms with E-state index in [2.05, 4.69) is 5.32 Å². The smallest absolute Gasteiger partial charge is 0.387 e. The van der Waals surface area contributed by atoms with Crippen molar-refractivity contribution in [3.63, 3.8) is 0 Å². The van der Waals surface area contributed by atoms with Gasteiger partial charge in [0, 0.05) is 25.8 Å². The second-order valence-electron chi connectivity index (χ2n) is 4.93. The Balaban J connectivity index is 1.93. The van der Waals surface area contributed by atoms with Gasteiger partial charge in [-0.2, -0.15) is 13.2 Å². The lowest BCUT2D eigenvalue weighted by Gasteiger charge is -2.24. The molecule has 3 nitrogen and oxygen atoms in total. The molecule has 2 rings (SSSR count). The summed E-state index contributed by atoms with van der Waals surface area (Å²) in [6, 6.07) is 5.07. The molecule has 20 heavy (non-hydrogen) atoms. The lowest BCUT2D eigenvalue weighted by atomic mass is 10.0. The third-order valence-electron chi connectivity index (χ3n) is 3.42. The number of hydrogen-bond donors (Lipinski definition) is 2. The van der Waals surface area contributed by atoms with Gasteiger partial charge in [0.15, 0.2) is 0 Å². The number of halogens is 3. The fourth-order valence-electron chi connectivity index (χ4n) is 2.22. The van der Waals surface area contributed by atoms with Crippen LogP contribution in [0.15, 0.2) is 24.3 Å². The van der Waals surface area contributed by atoms with Crippen LogP contribution in [0, 0.1) is 0 Å². The predicted molar refractivity (Wildman–Crippen MR) is 68.2 cm³/mol. The van der Waals surface area contributed by atoms with Gasteiger partial charge in [-0.15, -0.1) is 0 Å². The lowest BCUT2D eigenvalue weighted by molar-refractivity contribution is -0.137. The number of rotatable bonds is 4. The van der Waals surface area contributed by atoms with Crippen LogP contribution in [0.5, 0.6) is 0 Å². The molecule has 2 N–H and O–H groups in total. The van der Waals surface area contributed by atoms with Crippen LogP contribution in [0.25, 0.3) is 0 Å². The molecule has 1 atom stereocenters. The molecule has 1 aliphatic rings. The zero-order chi connectivity index (χ0) is 14.6. The maximum atomic E-state index is 12.6. The van der Waals surface area contributed by atoms with E-state index >= 15 is 0 Å². The first-order valence-electron chi connectivity index (χ1n) is 6.63. The Kier molecular flexibility index (Phi) is 5.01. The van der Waals surface area contributed by atoms with Gasteiger partial charge in [-0.3, -0.25) is 0 Å². The van der Waals surface area contributed by atoms with Crippen molar-refractivity contribution in [2.45, 2.75) is 31.2 Å². The lowest BCUT2D eigenvalue weighted by Crippen LogP contribution is -2.37. The van der Waals surface area contributed by atoms with E-state index in [9.17, 15) is 18.3 Å². The van der Waals surface area contributed by atoms with E-state index in [1.807, 2.05) is 0 Å². The highest BCUT2D eigenvalue weighted by Crippen LogP contribution is 2.30. The zero-order valence-electron chi connectivity index (χ0n) is 11.0. The fourth-order valence-corrected chi connectivity index (χ4v) is 2.22. The molecule has 0 radical (unpaired) electrons. The van der Waals surface area contributed by atoms with Crippen molar-refractivity contribution >= 4 is 0 Å². The normalized spacial score (nSPS) is 19.0. The van der Waals surface area contributed by atoms with Gasteiger partial charge in [-0.1, -0.05) is 12.1 Å². The van der Waals surface area contributed by atoms with Crippen LogP contribution in [-0.4, -0.2) is 30.9 Å². The van der Waals surface area contributed by atoms with Crippen LogP contribution >= 0.6 is 0 Å². The molecule has 112 valence electrons. The Morgan fingerprint density at radius 3 is 2.65 bits per heavy atom. The van der Waals surface area contributed by atoms with Gasteiger partial charge in [0.05, 0.1) is 11.7 Å². The highest BCUT2D eigenvalue weighted by molar-refractivity contribution is 5.27. The van der Waals surface area contributed by atoms with Gasteiger partial charge in [0.25, 0.3) is 0 Å². The van der Waals surface area contributed by atoms with Crippen LogP contribution in [-0.2, 0) is 10.9 Å². The van der Waals surface area contributed by atoms with E-state index in [0.29, 0.717) is 13.2 Å². The largest absolute Gasteiger partial charge is 0.416 e. The summed E-state index contributed by atoms with van der Waals surface area (Å²) in [5.74, 6) is 0. The summed E-state index contributed by atoms with van der Waals surface area (Å²) >= 11 is 0. The third kappa shape index (κ3) is 4.19. The summed E-state index contributed by atoms with van der Waals surface area (Å²) in [6.45, 7) is 1.60. The van der Waals surface area contributed by atoms with Crippen LogP contribution < -0.4 is 5.32 Å². The Labute approximate surface area is 115 Å². The minimum absolute atomic E-state index is 0.242. The number of alkyl halides is 3. The Hall–Kier alpha value is -1.11. The standard InChI is InChI=1S/C14H18F3NO2/c15-14(16,17)11-3-1-2-10(8-11)13(19)9-18-12-4-6-20-7-5-12/h1-3,8,12-13,18-19H,4-7,9H2/t13-/m1/s1. The van der Waals surface area contributed by atoms with E-state index in [4.69, 9.17) is 4.74 Å². The summed E-state index contributed by atoms with van der Waals surface area (Å²) in [4.78, 5) is 0. The molecule has 0 saturated carbocycles. The van der Waals surface area contributed by atoms with E-state index < -0.39 is 17.8 Å². The van der Waals surface area contributed by atoms with Crippen molar-refractivity contribution in [3.8, 4) is 0 Å². The first-order valence-corrected chi connectivity index (χ1v) is 6.63. The zero-order valence-corrected chi connectivity index (χ0v) is 11.0. The molecule has 1 saturated heterocycles. The van der Waals surface area contributed by atoms with Gasteiger partial charge < -0.3 is 15.2 Å². The topological polar surface area (TPSA) is 41.5 Å². The van der Waals surface area contributed by atoms with E-state index in [1.54, 1.807) is 0 Å². The molecule has 0 aliphatic carbocycles. The Morgan fingerprint density at radius 1 is 1.30 bits per heavy atom. The summed E-state index contributed by atoms with van der Waals surface area (Å²) < 4.78 is 43.0.